The van der Waals surface area contributed by atoms with E-state index in [2.05, 4.69) is 48.3 Å². The predicted molar refractivity (Wildman–Crippen MR) is 88.1 cm³/mol. The van der Waals surface area contributed by atoms with E-state index in [-0.39, 0.29) is 6.10 Å². The minimum atomic E-state index is 0.280. The second-order valence-electron chi connectivity index (χ2n) is 6.56. The number of ether oxygens (including phenoxy) is 1. The normalized spacial score (nSPS) is 27.1. The van der Waals surface area contributed by atoms with Crippen molar-refractivity contribution >= 4 is 5.69 Å². The molecule has 3 nitrogen and oxygen atoms in total. The number of anilines is 1. The molecule has 0 saturated carbocycles. The Labute approximate surface area is 128 Å². The predicted octanol–water partition coefficient (Wildman–Crippen LogP) is 3.90. The van der Waals surface area contributed by atoms with E-state index < -0.39 is 0 Å². The first kappa shape index (κ1) is 14.7. The fraction of sp³-hybridized carbons (Fsp3) is 0.667. The molecule has 21 heavy (non-hydrogen) atoms. The summed E-state index contributed by atoms with van der Waals surface area (Å²) in [6, 6.07) is 9.87. The van der Waals surface area contributed by atoms with Crippen molar-refractivity contribution in [3.05, 3.63) is 24.3 Å². The molecule has 0 aliphatic carbocycles. The molecule has 116 valence electrons. The second-order valence-corrected chi connectivity index (χ2v) is 6.56. The summed E-state index contributed by atoms with van der Waals surface area (Å²) in [6.07, 6.45) is 6.63. The highest BCUT2D eigenvalue weighted by atomic mass is 16.5. The lowest BCUT2D eigenvalue weighted by Gasteiger charge is -2.35. The van der Waals surface area contributed by atoms with Crippen molar-refractivity contribution in [1.29, 1.82) is 0 Å². The maximum Gasteiger partial charge on any atom is 0.121 e. The lowest BCUT2D eigenvalue weighted by molar-refractivity contribution is 0.188. The Hall–Kier alpha value is -1.22. The molecule has 2 saturated heterocycles. The molecular formula is C18H28N2O. The average molecular weight is 288 g/mol. The van der Waals surface area contributed by atoms with Crippen LogP contribution >= 0.6 is 0 Å². The molecule has 3 atom stereocenters. The largest absolute Gasteiger partial charge is 0.491 e. The van der Waals surface area contributed by atoms with Gasteiger partial charge in [-0.05, 0) is 57.7 Å². The Kier molecular flexibility index (Phi) is 4.69. The maximum absolute atomic E-state index is 5.91. The van der Waals surface area contributed by atoms with Gasteiger partial charge in [-0.15, -0.1) is 0 Å². The van der Waals surface area contributed by atoms with Gasteiger partial charge in [0.2, 0.25) is 0 Å². The van der Waals surface area contributed by atoms with Crippen LogP contribution in [0.3, 0.4) is 0 Å². The van der Waals surface area contributed by atoms with Crippen LogP contribution in [0.4, 0.5) is 5.69 Å². The summed E-state index contributed by atoms with van der Waals surface area (Å²) >= 11 is 0. The van der Waals surface area contributed by atoms with Crippen LogP contribution in [0.1, 0.15) is 46.0 Å². The third-order valence-corrected chi connectivity index (χ3v) is 4.94. The fourth-order valence-electron chi connectivity index (χ4n) is 3.57. The molecule has 0 aromatic heterocycles. The maximum atomic E-state index is 5.91. The van der Waals surface area contributed by atoms with E-state index in [1.165, 1.54) is 44.5 Å². The van der Waals surface area contributed by atoms with E-state index in [0.717, 1.165) is 18.2 Å². The van der Waals surface area contributed by atoms with Gasteiger partial charge in [0, 0.05) is 30.4 Å². The Bertz CT molecular complexity index is 462. The zero-order valence-electron chi connectivity index (χ0n) is 13.3. The van der Waals surface area contributed by atoms with E-state index in [9.17, 15) is 0 Å². The third-order valence-electron chi connectivity index (χ3n) is 4.94. The van der Waals surface area contributed by atoms with Crippen molar-refractivity contribution < 1.29 is 4.74 Å². The average Bonchev–Trinajstić information content (AvgIpc) is 2.95. The number of hydrogen-bond donors (Lipinski definition) is 1. The quantitative estimate of drug-likeness (QED) is 0.889. The summed E-state index contributed by atoms with van der Waals surface area (Å²) in [5.41, 5.74) is 1.20. The molecule has 1 N–H and O–H groups in total. The van der Waals surface area contributed by atoms with Crippen LogP contribution in [0.25, 0.3) is 0 Å². The smallest absolute Gasteiger partial charge is 0.121 e. The highest BCUT2D eigenvalue weighted by Crippen LogP contribution is 2.29. The molecule has 1 aromatic rings. The van der Waals surface area contributed by atoms with Gasteiger partial charge in [-0.2, -0.15) is 0 Å². The highest BCUT2D eigenvalue weighted by Gasteiger charge is 2.31. The van der Waals surface area contributed by atoms with Gasteiger partial charge in [-0.3, -0.25) is 0 Å². The Morgan fingerprint density at radius 3 is 3.10 bits per heavy atom. The zero-order valence-corrected chi connectivity index (χ0v) is 13.3. The van der Waals surface area contributed by atoms with Gasteiger partial charge in [-0.25, -0.2) is 0 Å². The fourth-order valence-corrected chi connectivity index (χ4v) is 3.57. The topological polar surface area (TPSA) is 24.5 Å². The number of fused-ring (bicyclic) bond motifs is 1. The number of benzene rings is 1. The van der Waals surface area contributed by atoms with Crippen LogP contribution in [0, 0.1) is 0 Å². The Balaban J connectivity index is 1.58. The van der Waals surface area contributed by atoms with Crippen LogP contribution in [0.15, 0.2) is 24.3 Å². The van der Waals surface area contributed by atoms with Crippen LogP contribution in [-0.4, -0.2) is 36.2 Å². The molecule has 3 rings (SSSR count). The van der Waals surface area contributed by atoms with Gasteiger partial charge in [-0.1, -0.05) is 13.0 Å². The van der Waals surface area contributed by atoms with Crippen molar-refractivity contribution in [3.8, 4) is 5.75 Å². The molecule has 0 radical (unpaired) electrons. The molecule has 0 spiro atoms. The summed E-state index contributed by atoms with van der Waals surface area (Å²) in [6.45, 7) is 6.85. The zero-order chi connectivity index (χ0) is 14.7. The molecular weight excluding hydrogens is 260 g/mol. The highest BCUT2D eigenvalue weighted by molar-refractivity contribution is 5.49. The van der Waals surface area contributed by atoms with Crippen LogP contribution in [0.5, 0.6) is 5.75 Å². The van der Waals surface area contributed by atoms with Gasteiger partial charge < -0.3 is 15.0 Å². The van der Waals surface area contributed by atoms with Crippen molar-refractivity contribution in [2.75, 3.05) is 18.4 Å². The number of piperidine rings is 1. The molecule has 3 unspecified atom stereocenters. The van der Waals surface area contributed by atoms with Crippen molar-refractivity contribution in [1.82, 2.24) is 4.90 Å². The lowest BCUT2D eigenvalue weighted by atomic mass is 9.97. The lowest BCUT2D eigenvalue weighted by Crippen LogP contribution is -2.42. The summed E-state index contributed by atoms with van der Waals surface area (Å²) in [5, 5.41) is 3.72. The number of nitrogens with one attached hydrogen (secondary N) is 1. The van der Waals surface area contributed by atoms with Gasteiger partial charge in [0.05, 0.1) is 6.10 Å². The van der Waals surface area contributed by atoms with Crippen molar-refractivity contribution in [2.24, 2.45) is 0 Å². The van der Waals surface area contributed by atoms with Crippen molar-refractivity contribution in [3.63, 3.8) is 0 Å². The number of nitrogens with zero attached hydrogens (tertiary/aromatic N) is 1. The molecule has 1 aromatic carbocycles. The minimum Gasteiger partial charge on any atom is -0.491 e. The van der Waals surface area contributed by atoms with Gasteiger partial charge in [0.1, 0.15) is 5.75 Å². The summed E-state index contributed by atoms with van der Waals surface area (Å²) < 4.78 is 5.91. The summed E-state index contributed by atoms with van der Waals surface area (Å²) in [4.78, 5) is 2.67. The molecule has 0 amide bonds. The van der Waals surface area contributed by atoms with E-state index in [1.54, 1.807) is 0 Å². The standard InChI is InChI=1S/C18H28N2O/c1-3-14(2)21-18-8-4-6-15(13-18)19-16-9-11-20-10-5-7-17(20)12-16/h4,6,8,13-14,16-17,19H,3,5,7,9-12H2,1-2H3. The van der Waals surface area contributed by atoms with E-state index in [4.69, 9.17) is 4.74 Å². The van der Waals surface area contributed by atoms with Crippen LogP contribution in [-0.2, 0) is 0 Å². The minimum absolute atomic E-state index is 0.280. The molecule has 3 heteroatoms. The van der Waals surface area contributed by atoms with Gasteiger partial charge in [0.25, 0.3) is 0 Å². The Morgan fingerprint density at radius 2 is 2.24 bits per heavy atom. The van der Waals surface area contributed by atoms with E-state index >= 15 is 0 Å². The SMILES string of the molecule is CCC(C)Oc1cccc(NC2CCN3CCCC3C2)c1. The molecule has 2 heterocycles. The van der Waals surface area contributed by atoms with Gasteiger partial charge >= 0.3 is 0 Å². The van der Waals surface area contributed by atoms with Gasteiger partial charge in [0.15, 0.2) is 0 Å². The number of hydrogen-bond acceptors (Lipinski definition) is 3. The first-order chi connectivity index (χ1) is 10.2. The number of rotatable bonds is 5. The molecule has 0 bridgehead atoms. The summed E-state index contributed by atoms with van der Waals surface area (Å²) in [7, 11) is 0. The van der Waals surface area contributed by atoms with E-state index in [1.807, 2.05) is 0 Å². The first-order valence-corrected chi connectivity index (χ1v) is 8.52. The first-order valence-electron chi connectivity index (χ1n) is 8.52. The van der Waals surface area contributed by atoms with Crippen LogP contribution in [0.2, 0.25) is 0 Å². The Morgan fingerprint density at radius 1 is 1.33 bits per heavy atom. The summed E-state index contributed by atoms with van der Waals surface area (Å²) in [5.74, 6) is 0.979. The van der Waals surface area contributed by atoms with Crippen molar-refractivity contribution in [2.45, 2.75) is 64.1 Å². The third kappa shape index (κ3) is 3.70. The second kappa shape index (κ2) is 6.69. The monoisotopic (exact) mass is 288 g/mol. The molecule has 2 aliphatic rings. The molecule has 2 aliphatic heterocycles. The van der Waals surface area contributed by atoms with Crippen LogP contribution < -0.4 is 10.1 Å². The molecule has 2 fully saturated rings. The van der Waals surface area contributed by atoms with E-state index in [0.29, 0.717) is 6.04 Å².